The molecule has 4 heteroatoms. The van der Waals surface area contributed by atoms with Crippen molar-refractivity contribution in [2.45, 2.75) is 50.8 Å². The number of aromatic carboxylic acids is 1. The summed E-state index contributed by atoms with van der Waals surface area (Å²) in [5.74, 6) is -0.886. The van der Waals surface area contributed by atoms with E-state index in [1.54, 1.807) is 11.8 Å². The summed E-state index contributed by atoms with van der Waals surface area (Å²) >= 11 is 1.58. The van der Waals surface area contributed by atoms with Gasteiger partial charge in [0.2, 0.25) is 0 Å². The summed E-state index contributed by atoms with van der Waals surface area (Å²) in [6.07, 6.45) is 2.05. The molecule has 0 aliphatic heterocycles. The Morgan fingerprint density at radius 2 is 2.00 bits per heavy atom. The highest BCUT2D eigenvalue weighted by Gasteiger charge is 2.18. The average molecular weight is 253 g/mol. The van der Waals surface area contributed by atoms with Gasteiger partial charge in [-0.3, -0.25) is 0 Å². The van der Waals surface area contributed by atoms with Crippen molar-refractivity contribution < 1.29 is 9.90 Å². The Morgan fingerprint density at radius 3 is 2.47 bits per heavy atom. The summed E-state index contributed by atoms with van der Waals surface area (Å²) < 4.78 is 0. The van der Waals surface area contributed by atoms with E-state index >= 15 is 0 Å². The van der Waals surface area contributed by atoms with Crippen molar-refractivity contribution in [3.05, 3.63) is 22.9 Å². The van der Waals surface area contributed by atoms with Crippen molar-refractivity contribution in [3.63, 3.8) is 0 Å². The van der Waals surface area contributed by atoms with Crippen LogP contribution >= 0.6 is 11.8 Å². The Hall–Kier alpha value is -1.03. The summed E-state index contributed by atoms with van der Waals surface area (Å²) in [5.41, 5.74) is 2.02. The van der Waals surface area contributed by atoms with Gasteiger partial charge >= 0.3 is 5.97 Å². The SMILES string of the molecule is CCC(CC)Sc1nc(C)cc(C)c1C(=O)O. The lowest BCUT2D eigenvalue weighted by Gasteiger charge is -2.14. The van der Waals surface area contributed by atoms with E-state index in [0.29, 0.717) is 15.8 Å². The molecule has 0 saturated carbocycles. The fourth-order valence-electron chi connectivity index (χ4n) is 1.76. The Balaban J connectivity index is 3.16. The minimum atomic E-state index is -0.886. The number of aromatic nitrogens is 1. The minimum absolute atomic E-state index is 0.354. The lowest BCUT2D eigenvalue weighted by molar-refractivity contribution is 0.0691. The van der Waals surface area contributed by atoms with Gasteiger partial charge in [0.15, 0.2) is 0 Å². The molecule has 1 aromatic rings. The van der Waals surface area contributed by atoms with E-state index in [1.807, 2.05) is 19.9 Å². The number of carboxylic acids is 1. The molecule has 0 saturated heterocycles. The van der Waals surface area contributed by atoms with Gasteiger partial charge in [-0.05, 0) is 38.3 Å². The molecule has 94 valence electrons. The lowest BCUT2D eigenvalue weighted by Crippen LogP contribution is -2.08. The molecule has 0 aromatic carbocycles. The standard InChI is InChI=1S/C13H19NO2S/c1-5-10(6-2)17-12-11(13(15)16)8(3)7-9(4)14-12/h7,10H,5-6H2,1-4H3,(H,15,16). The molecule has 1 rings (SSSR count). The fraction of sp³-hybridized carbons (Fsp3) is 0.538. The normalized spacial score (nSPS) is 10.9. The lowest BCUT2D eigenvalue weighted by atomic mass is 10.1. The van der Waals surface area contributed by atoms with Gasteiger partial charge in [-0.15, -0.1) is 11.8 Å². The topological polar surface area (TPSA) is 50.2 Å². The van der Waals surface area contributed by atoms with Gasteiger partial charge < -0.3 is 5.11 Å². The average Bonchev–Trinajstić information content (AvgIpc) is 2.24. The van der Waals surface area contributed by atoms with Crippen LogP contribution in [-0.2, 0) is 0 Å². The predicted molar refractivity (Wildman–Crippen MR) is 70.9 cm³/mol. The van der Waals surface area contributed by atoms with E-state index in [1.165, 1.54) is 0 Å². The van der Waals surface area contributed by atoms with Crippen molar-refractivity contribution in [2.24, 2.45) is 0 Å². The number of carbonyl (C=O) groups is 1. The fourth-order valence-corrected chi connectivity index (χ4v) is 2.97. The highest BCUT2D eigenvalue weighted by atomic mass is 32.2. The molecule has 3 nitrogen and oxygen atoms in total. The molecule has 0 amide bonds. The van der Waals surface area contributed by atoms with Gasteiger partial charge in [-0.1, -0.05) is 13.8 Å². The Labute approximate surface area is 107 Å². The van der Waals surface area contributed by atoms with Crippen molar-refractivity contribution in [1.29, 1.82) is 0 Å². The van der Waals surface area contributed by atoms with Gasteiger partial charge in [0.05, 0.1) is 5.56 Å². The number of pyridine rings is 1. The Bertz CT molecular complexity index is 414. The maximum absolute atomic E-state index is 11.3. The van der Waals surface area contributed by atoms with Crippen LogP contribution in [0.1, 0.15) is 48.3 Å². The monoisotopic (exact) mass is 253 g/mol. The van der Waals surface area contributed by atoms with Crippen LogP contribution in [0.3, 0.4) is 0 Å². The van der Waals surface area contributed by atoms with E-state index < -0.39 is 5.97 Å². The molecular formula is C13H19NO2S. The molecule has 1 aromatic heterocycles. The highest BCUT2D eigenvalue weighted by Crippen LogP contribution is 2.30. The van der Waals surface area contributed by atoms with E-state index in [4.69, 9.17) is 0 Å². The van der Waals surface area contributed by atoms with Gasteiger partial charge in [0.1, 0.15) is 5.03 Å². The molecule has 0 radical (unpaired) electrons. The van der Waals surface area contributed by atoms with Gasteiger partial charge in [-0.2, -0.15) is 0 Å². The molecule has 1 heterocycles. The summed E-state index contributed by atoms with van der Waals surface area (Å²) in [4.78, 5) is 15.6. The van der Waals surface area contributed by atoms with Gasteiger partial charge in [-0.25, -0.2) is 9.78 Å². The molecule has 0 spiro atoms. The van der Waals surface area contributed by atoms with Crippen molar-refractivity contribution in [2.75, 3.05) is 0 Å². The zero-order valence-corrected chi connectivity index (χ0v) is 11.6. The third kappa shape index (κ3) is 3.46. The predicted octanol–water partition coefficient (Wildman–Crippen LogP) is 3.68. The molecule has 1 N–H and O–H groups in total. The van der Waals surface area contributed by atoms with E-state index in [2.05, 4.69) is 18.8 Å². The summed E-state index contributed by atoms with van der Waals surface area (Å²) in [5, 5.41) is 10.3. The van der Waals surface area contributed by atoms with Crippen LogP contribution in [0, 0.1) is 13.8 Å². The second kappa shape index (κ2) is 6.05. The number of nitrogens with zero attached hydrogens (tertiary/aromatic N) is 1. The number of thioether (sulfide) groups is 1. The maximum atomic E-state index is 11.3. The highest BCUT2D eigenvalue weighted by molar-refractivity contribution is 7.99. The summed E-state index contributed by atoms with van der Waals surface area (Å²) in [6.45, 7) is 7.96. The maximum Gasteiger partial charge on any atom is 0.338 e. The molecule has 0 bridgehead atoms. The number of hydrogen-bond donors (Lipinski definition) is 1. The zero-order chi connectivity index (χ0) is 13.0. The first kappa shape index (κ1) is 14.0. The van der Waals surface area contributed by atoms with Crippen molar-refractivity contribution in [3.8, 4) is 0 Å². The van der Waals surface area contributed by atoms with Crippen LogP contribution < -0.4 is 0 Å². The number of carboxylic acid groups (broad SMARTS) is 1. The largest absolute Gasteiger partial charge is 0.478 e. The first-order valence-corrected chi connectivity index (χ1v) is 6.75. The van der Waals surface area contributed by atoms with Crippen LogP contribution in [0.4, 0.5) is 0 Å². The van der Waals surface area contributed by atoms with E-state index in [0.717, 1.165) is 24.1 Å². The first-order valence-electron chi connectivity index (χ1n) is 5.87. The second-order valence-electron chi connectivity index (χ2n) is 4.12. The Morgan fingerprint density at radius 1 is 1.41 bits per heavy atom. The smallest absolute Gasteiger partial charge is 0.338 e. The quantitative estimate of drug-likeness (QED) is 0.813. The Kier molecular flexibility index (Phi) is 5.00. The molecule has 0 aliphatic rings. The number of rotatable bonds is 5. The second-order valence-corrected chi connectivity index (χ2v) is 5.41. The van der Waals surface area contributed by atoms with Gasteiger partial charge in [0, 0.05) is 10.9 Å². The van der Waals surface area contributed by atoms with Crippen molar-refractivity contribution >= 4 is 17.7 Å². The van der Waals surface area contributed by atoms with E-state index in [9.17, 15) is 9.90 Å². The van der Waals surface area contributed by atoms with Crippen LogP contribution in [-0.4, -0.2) is 21.3 Å². The molecule has 0 fully saturated rings. The minimum Gasteiger partial charge on any atom is -0.478 e. The summed E-state index contributed by atoms with van der Waals surface area (Å²) in [7, 11) is 0. The molecular weight excluding hydrogens is 234 g/mol. The zero-order valence-electron chi connectivity index (χ0n) is 10.8. The van der Waals surface area contributed by atoms with Crippen molar-refractivity contribution in [1.82, 2.24) is 4.98 Å². The van der Waals surface area contributed by atoms with Crippen LogP contribution in [0.15, 0.2) is 11.1 Å². The third-order valence-corrected chi connectivity index (χ3v) is 4.23. The van der Waals surface area contributed by atoms with Gasteiger partial charge in [0.25, 0.3) is 0 Å². The first-order chi connectivity index (χ1) is 7.99. The van der Waals surface area contributed by atoms with Crippen LogP contribution in [0.5, 0.6) is 0 Å². The molecule has 0 aliphatic carbocycles. The number of aryl methyl sites for hydroxylation is 2. The van der Waals surface area contributed by atoms with Crippen LogP contribution in [0.25, 0.3) is 0 Å². The molecule has 17 heavy (non-hydrogen) atoms. The number of hydrogen-bond acceptors (Lipinski definition) is 3. The van der Waals surface area contributed by atoms with E-state index in [-0.39, 0.29) is 0 Å². The third-order valence-electron chi connectivity index (χ3n) is 2.71. The summed E-state index contributed by atoms with van der Waals surface area (Å²) in [6, 6.07) is 1.82. The molecule has 0 atom stereocenters. The van der Waals surface area contributed by atoms with Crippen LogP contribution in [0.2, 0.25) is 0 Å². The molecule has 0 unspecified atom stereocenters.